The quantitative estimate of drug-likeness (QED) is 0.220. The number of halogens is 6. The molecule has 51 heavy (non-hydrogen) atoms. The normalized spacial score (nSPS) is 19.7. The fourth-order valence-corrected chi connectivity index (χ4v) is 7.35. The molecular weight excluding hydrogens is 688 g/mol. The molecule has 2 aromatic carbocycles. The number of fused-ring (bicyclic) bond motifs is 3. The van der Waals surface area contributed by atoms with Gasteiger partial charge in [0.25, 0.3) is 17.7 Å². The van der Waals surface area contributed by atoms with Gasteiger partial charge in [-0.25, -0.2) is 14.2 Å². The molecular formula is C33H31F6N7O5. The first-order valence-electron chi connectivity index (χ1n) is 16.1. The maximum atomic E-state index is 14.4. The molecule has 4 heterocycles. The fourth-order valence-electron chi connectivity index (χ4n) is 7.35. The first kappa shape index (κ1) is 34.3. The lowest BCUT2D eigenvalue weighted by Crippen LogP contribution is -2.51. The number of ether oxygens (including phenoxy) is 1. The average Bonchev–Trinajstić information content (AvgIpc) is 3.86. The van der Waals surface area contributed by atoms with Gasteiger partial charge in [-0.15, -0.1) is 0 Å². The Labute approximate surface area is 284 Å². The molecule has 12 nitrogen and oxygen atoms in total. The lowest BCUT2D eigenvalue weighted by Gasteiger charge is -2.25. The van der Waals surface area contributed by atoms with E-state index >= 15 is 0 Å². The van der Waals surface area contributed by atoms with E-state index in [0.29, 0.717) is 19.6 Å². The van der Waals surface area contributed by atoms with E-state index in [2.05, 4.69) is 20.4 Å². The van der Waals surface area contributed by atoms with Crippen LogP contribution in [0.1, 0.15) is 34.9 Å². The van der Waals surface area contributed by atoms with Crippen molar-refractivity contribution in [2.24, 2.45) is 13.0 Å². The molecule has 0 radical (unpaired) electrons. The van der Waals surface area contributed by atoms with Crippen LogP contribution in [0.3, 0.4) is 0 Å². The summed E-state index contributed by atoms with van der Waals surface area (Å²) in [5.74, 6) is -3.83. The zero-order chi connectivity index (χ0) is 36.4. The van der Waals surface area contributed by atoms with Crippen molar-refractivity contribution in [3.05, 3.63) is 91.6 Å². The zero-order valence-electron chi connectivity index (χ0n) is 26.9. The number of hydrogen-bond donors (Lipinski definition) is 2. The van der Waals surface area contributed by atoms with Crippen molar-refractivity contribution < 1.29 is 40.7 Å². The van der Waals surface area contributed by atoms with Crippen LogP contribution < -0.4 is 26.8 Å². The molecule has 0 bridgehead atoms. The lowest BCUT2D eigenvalue weighted by atomic mass is 10.1. The Morgan fingerprint density at radius 3 is 2.39 bits per heavy atom. The number of amides is 1. The number of rotatable bonds is 7. The second-order valence-corrected chi connectivity index (χ2v) is 13.0. The van der Waals surface area contributed by atoms with E-state index in [4.69, 9.17) is 0 Å². The van der Waals surface area contributed by atoms with Crippen LogP contribution in [0.4, 0.5) is 32.3 Å². The molecule has 18 heteroatoms. The number of anilines is 1. The van der Waals surface area contributed by atoms with Gasteiger partial charge in [0, 0.05) is 38.8 Å². The van der Waals surface area contributed by atoms with Gasteiger partial charge in [-0.1, -0.05) is 36.4 Å². The first-order chi connectivity index (χ1) is 24.1. The Morgan fingerprint density at radius 1 is 1.02 bits per heavy atom. The Morgan fingerprint density at radius 2 is 1.73 bits per heavy atom. The summed E-state index contributed by atoms with van der Waals surface area (Å²) < 4.78 is 88.4. The Hall–Kier alpha value is -5.13. The number of nitrogens with zero attached hydrogens (tertiary/aromatic N) is 5. The van der Waals surface area contributed by atoms with Crippen LogP contribution in [0.25, 0.3) is 11.2 Å². The van der Waals surface area contributed by atoms with Gasteiger partial charge >= 0.3 is 24.0 Å². The van der Waals surface area contributed by atoms with E-state index in [-0.39, 0.29) is 53.1 Å². The summed E-state index contributed by atoms with van der Waals surface area (Å²) in [7, 11) is 1.17. The van der Waals surface area contributed by atoms with Crippen LogP contribution in [-0.4, -0.2) is 68.5 Å². The van der Waals surface area contributed by atoms with Crippen LogP contribution in [0.2, 0.25) is 0 Å². The average molecular weight is 720 g/mol. The summed E-state index contributed by atoms with van der Waals surface area (Å²) in [6.07, 6.45) is -11.7. The summed E-state index contributed by atoms with van der Waals surface area (Å²) in [5.41, 5.74) is -2.38. The highest BCUT2D eigenvalue weighted by Crippen LogP contribution is 2.34. The molecule has 2 saturated heterocycles. The SMILES string of the molecule is Cn1c(=O)n(C(OC(=O)C(F)(F)F)C(=O)NC2Cc3ccccc3C2)c(=O)c2c1nc(N1CCC3CNCC31)n2Cc1cccc(C(F)(F)F)c1. The fraction of sp³-hybridized carbons (Fsp3) is 0.424. The summed E-state index contributed by atoms with van der Waals surface area (Å²) in [5, 5.41) is 5.79. The number of alkyl halides is 6. The Bertz CT molecular complexity index is 2130. The van der Waals surface area contributed by atoms with Crippen LogP contribution in [0, 0.1) is 5.92 Å². The third-order valence-electron chi connectivity index (χ3n) is 9.76. The van der Waals surface area contributed by atoms with Crippen molar-refractivity contribution in [3.8, 4) is 0 Å². The number of aryl methyl sites for hydroxylation is 1. The minimum absolute atomic E-state index is 0.101. The minimum atomic E-state index is -5.60. The van der Waals surface area contributed by atoms with Gasteiger partial charge in [0.15, 0.2) is 11.2 Å². The number of esters is 1. The molecule has 2 fully saturated rings. The number of imidazole rings is 1. The van der Waals surface area contributed by atoms with Crippen molar-refractivity contribution in [2.45, 2.75) is 56.5 Å². The van der Waals surface area contributed by atoms with Crippen molar-refractivity contribution in [2.75, 3.05) is 24.5 Å². The maximum Gasteiger partial charge on any atom is 0.491 e. The van der Waals surface area contributed by atoms with Crippen molar-refractivity contribution in [1.29, 1.82) is 0 Å². The van der Waals surface area contributed by atoms with Crippen molar-refractivity contribution in [1.82, 2.24) is 29.3 Å². The van der Waals surface area contributed by atoms with Gasteiger partial charge < -0.3 is 20.3 Å². The lowest BCUT2D eigenvalue weighted by molar-refractivity contribution is -0.210. The third kappa shape index (κ3) is 6.25. The summed E-state index contributed by atoms with van der Waals surface area (Å²) in [4.78, 5) is 60.6. The smallest absolute Gasteiger partial charge is 0.424 e. The van der Waals surface area contributed by atoms with E-state index in [1.54, 1.807) is 12.1 Å². The second kappa shape index (κ2) is 12.6. The zero-order valence-corrected chi connectivity index (χ0v) is 26.9. The van der Waals surface area contributed by atoms with Crippen molar-refractivity contribution >= 4 is 29.0 Å². The number of aromatic nitrogens is 4. The predicted octanol–water partition coefficient (Wildman–Crippen LogP) is 2.65. The minimum Gasteiger partial charge on any atom is -0.424 e. The van der Waals surface area contributed by atoms with Crippen molar-refractivity contribution in [3.63, 3.8) is 0 Å². The van der Waals surface area contributed by atoms with Crippen LogP contribution in [0.15, 0.2) is 58.1 Å². The molecule has 0 spiro atoms. The van der Waals surface area contributed by atoms with E-state index in [1.807, 2.05) is 17.0 Å². The van der Waals surface area contributed by atoms with Crippen LogP contribution in [-0.2, 0) is 46.9 Å². The van der Waals surface area contributed by atoms with Gasteiger partial charge in [-0.05, 0) is 54.0 Å². The number of hydrogen-bond acceptors (Lipinski definition) is 8. The summed E-state index contributed by atoms with van der Waals surface area (Å²) in [6.45, 7) is 1.34. The molecule has 270 valence electrons. The molecule has 2 aliphatic heterocycles. The maximum absolute atomic E-state index is 14.4. The highest BCUT2D eigenvalue weighted by atomic mass is 19.4. The van der Waals surface area contributed by atoms with Crippen LogP contribution >= 0.6 is 0 Å². The summed E-state index contributed by atoms with van der Waals surface area (Å²) >= 11 is 0. The van der Waals surface area contributed by atoms with E-state index in [1.165, 1.54) is 23.7 Å². The Kier molecular flexibility index (Phi) is 8.46. The van der Waals surface area contributed by atoms with Gasteiger partial charge in [0.2, 0.25) is 5.95 Å². The number of carbonyl (C=O) groups is 2. The van der Waals surface area contributed by atoms with E-state index < -0.39 is 58.8 Å². The topological polar surface area (TPSA) is 132 Å². The van der Waals surface area contributed by atoms with E-state index in [9.17, 15) is 45.5 Å². The standard InChI is InChI=1S/C33H31F6N7O5/c1-43-25-24(45(16-17-5-4-8-21(11-17)32(34,35)36)30(42-25)44-10-9-20-14-40-15-23(20)44)27(48)46(31(43)50)28(51-29(49)33(37,38)39)26(47)41-22-12-18-6-2-3-7-19(18)13-22/h2-8,11,20,22-23,28,40H,9-10,12-16H2,1H3,(H,41,47). The molecule has 7 rings (SSSR count). The van der Waals surface area contributed by atoms with Gasteiger partial charge in [-0.3, -0.25) is 18.7 Å². The highest BCUT2D eigenvalue weighted by Gasteiger charge is 2.46. The third-order valence-corrected chi connectivity index (χ3v) is 9.76. The molecule has 3 atom stereocenters. The molecule has 2 N–H and O–H groups in total. The first-order valence-corrected chi connectivity index (χ1v) is 16.1. The monoisotopic (exact) mass is 719 g/mol. The molecule has 3 unspecified atom stereocenters. The molecule has 1 aliphatic carbocycles. The van der Waals surface area contributed by atoms with Gasteiger partial charge in [-0.2, -0.15) is 31.3 Å². The summed E-state index contributed by atoms with van der Waals surface area (Å²) in [6, 6.07) is 10.8. The van der Waals surface area contributed by atoms with Gasteiger partial charge in [0.05, 0.1) is 12.1 Å². The number of nitrogens with one attached hydrogen (secondary N) is 2. The predicted molar refractivity (Wildman–Crippen MR) is 169 cm³/mol. The molecule has 3 aliphatic rings. The Balaban J connectivity index is 1.38. The second-order valence-electron chi connectivity index (χ2n) is 13.0. The molecule has 0 saturated carbocycles. The number of carbonyl (C=O) groups excluding carboxylic acids is 2. The largest absolute Gasteiger partial charge is 0.491 e. The van der Waals surface area contributed by atoms with Crippen LogP contribution in [0.5, 0.6) is 0 Å². The highest BCUT2D eigenvalue weighted by molar-refractivity contribution is 5.84. The molecule has 2 aromatic heterocycles. The molecule has 1 amide bonds. The van der Waals surface area contributed by atoms with Gasteiger partial charge in [0.1, 0.15) is 0 Å². The number of benzene rings is 2. The molecule has 4 aromatic rings. The van der Waals surface area contributed by atoms with E-state index in [0.717, 1.165) is 34.2 Å².